The minimum Gasteiger partial charge on any atom is -0.345 e. The van der Waals surface area contributed by atoms with Gasteiger partial charge in [0.05, 0.1) is 11.6 Å². The summed E-state index contributed by atoms with van der Waals surface area (Å²) >= 11 is 0. The number of aryl methyl sites for hydroxylation is 2. The second-order valence-electron chi connectivity index (χ2n) is 5.73. The van der Waals surface area contributed by atoms with Gasteiger partial charge < -0.3 is 9.88 Å². The lowest BCUT2D eigenvalue weighted by Crippen LogP contribution is -2.31. The van der Waals surface area contributed by atoms with Crippen LogP contribution < -0.4 is 5.32 Å². The smallest absolute Gasteiger partial charge is 0.253 e. The zero-order chi connectivity index (χ0) is 16.9. The summed E-state index contributed by atoms with van der Waals surface area (Å²) in [7, 11) is 1.96. The molecule has 1 N–H and O–H groups in total. The fourth-order valence-corrected chi connectivity index (χ4v) is 2.67. The van der Waals surface area contributed by atoms with Crippen molar-refractivity contribution in [1.82, 2.24) is 19.9 Å². The number of carbonyl (C=O) groups excluding carboxylic acids is 1. The molecular formula is C19H20N4O. The van der Waals surface area contributed by atoms with Crippen molar-refractivity contribution in [2.24, 2.45) is 7.05 Å². The number of carbonyl (C=O) groups is 1. The molecule has 0 radical (unpaired) electrons. The largest absolute Gasteiger partial charge is 0.345 e. The summed E-state index contributed by atoms with van der Waals surface area (Å²) < 4.78 is 1.97. The first-order valence-electron chi connectivity index (χ1n) is 7.89. The predicted octanol–water partition coefficient (Wildman–Crippen LogP) is 2.84. The van der Waals surface area contributed by atoms with Crippen LogP contribution in [0.15, 0.2) is 61.1 Å². The van der Waals surface area contributed by atoms with Gasteiger partial charge in [-0.3, -0.25) is 9.78 Å². The van der Waals surface area contributed by atoms with Crippen LogP contribution in [0.5, 0.6) is 0 Å². The normalized spacial score (nSPS) is 11.9. The van der Waals surface area contributed by atoms with E-state index in [9.17, 15) is 4.79 Å². The van der Waals surface area contributed by atoms with Crippen LogP contribution in [0.25, 0.3) is 0 Å². The van der Waals surface area contributed by atoms with E-state index in [0.29, 0.717) is 12.0 Å². The number of hydrogen-bond acceptors (Lipinski definition) is 3. The molecule has 122 valence electrons. The Kier molecular flexibility index (Phi) is 4.70. The Hall–Kier alpha value is -2.95. The monoisotopic (exact) mass is 320 g/mol. The maximum absolute atomic E-state index is 12.7. The number of aromatic nitrogens is 3. The molecule has 0 saturated heterocycles. The van der Waals surface area contributed by atoms with E-state index in [4.69, 9.17) is 0 Å². The molecule has 1 aromatic carbocycles. The molecule has 0 saturated carbocycles. The molecule has 0 spiro atoms. The van der Waals surface area contributed by atoms with Gasteiger partial charge in [-0.2, -0.15) is 0 Å². The molecule has 0 aliphatic carbocycles. The van der Waals surface area contributed by atoms with Gasteiger partial charge in [0.25, 0.3) is 5.91 Å². The van der Waals surface area contributed by atoms with Crippen LogP contribution in [0.2, 0.25) is 0 Å². The third-order valence-corrected chi connectivity index (χ3v) is 4.07. The van der Waals surface area contributed by atoms with Crippen LogP contribution in [0.4, 0.5) is 0 Å². The molecule has 3 aromatic rings. The number of amides is 1. The maximum atomic E-state index is 12.7. The summed E-state index contributed by atoms with van der Waals surface area (Å²) in [5.74, 6) is 0.802. The lowest BCUT2D eigenvalue weighted by atomic mass is 10.0. The van der Waals surface area contributed by atoms with Crippen LogP contribution in [0, 0.1) is 6.92 Å². The fourth-order valence-electron chi connectivity index (χ4n) is 2.67. The zero-order valence-corrected chi connectivity index (χ0v) is 13.8. The molecule has 24 heavy (non-hydrogen) atoms. The number of hydrogen-bond donors (Lipinski definition) is 1. The van der Waals surface area contributed by atoms with Gasteiger partial charge in [-0.15, -0.1) is 0 Å². The van der Waals surface area contributed by atoms with Gasteiger partial charge in [-0.1, -0.05) is 30.3 Å². The summed E-state index contributed by atoms with van der Waals surface area (Å²) in [6.45, 7) is 1.84. The van der Waals surface area contributed by atoms with E-state index >= 15 is 0 Å². The van der Waals surface area contributed by atoms with Crippen molar-refractivity contribution >= 4 is 5.91 Å². The Morgan fingerprint density at radius 2 is 1.92 bits per heavy atom. The van der Waals surface area contributed by atoms with Gasteiger partial charge in [-0.25, -0.2) is 4.98 Å². The number of benzene rings is 1. The first kappa shape index (κ1) is 15.9. The highest BCUT2D eigenvalue weighted by Gasteiger charge is 2.19. The molecule has 0 fully saturated rings. The van der Waals surface area contributed by atoms with E-state index < -0.39 is 0 Å². The number of nitrogens with one attached hydrogen (secondary N) is 1. The van der Waals surface area contributed by atoms with Crippen LogP contribution in [0.1, 0.15) is 33.5 Å². The van der Waals surface area contributed by atoms with E-state index in [1.807, 2.05) is 55.1 Å². The van der Waals surface area contributed by atoms with Gasteiger partial charge in [0.2, 0.25) is 0 Å². The van der Waals surface area contributed by atoms with Gasteiger partial charge >= 0.3 is 0 Å². The van der Waals surface area contributed by atoms with E-state index in [0.717, 1.165) is 17.1 Å². The minimum absolute atomic E-state index is 0.122. The molecule has 1 atom stereocenters. The highest BCUT2D eigenvalue weighted by Crippen LogP contribution is 2.18. The summed E-state index contributed by atoms with van der Waals surface area (Å²) in [6.07, 6.45) is 5.99. The van der Waals surface area contributed by atoms with Crippen molar-refractivity contribution in [1.29, 1.82) is 0 Å². The van der Waals surface area contributed by atoms with Crippen molar-refractivity contribution in [2.45, 2.75) is 19.4 Å². The van der Waals surface area contributed by atoms with Crippen LogP contribution in [-0.2, 0) is 13.5 Å². The molecule has 2 aromatic heterocycles. The maximum Gasteiger partial charge on any atom is 0.253 e. The highest BCUT2D eigenvalue weighted by atomic mass is 16.1. The molecule has 0 aliphatic rings. The quantitative estimate of drug-likeness (QED) is 0.786. The fraction of sp³-hybridized carbons (Fsp3) is 0.211. The molecule has 5 nitrogen and oxygen atoms in total. The summed E-state index contributed by atoms with van der Waals surface area (Å²) in [5, 5.41) is 3.12. The number of nitrogens with zero attached hydrogens (tertiary/aromatic N) is 3. The Morgan fingerprint density at radius 3 is 2.58 bits per heavy atom. The molecule has 0 aliphatic heterocycles. The van der Waals surface area contributed by atoms with E-state index in [1.165, 1.54) is 0 Å². The van der Waals surface area contributed by atoms with Crippen molar-refractivity contribution in [3.05, 3.63) is 83.7 Å². The van der Waals surface area contributed by atoms with Gasteiger partial charge in [-0.05, 0) is 24.6 Å². The number of rotatable bonds is 5. The van der Waals surface area contributed by atoms with Crippen LogP contribution in [-0.4, -0.2) is 20.4 Å². The van der Waals surface area contributed by atoms with Crippen LogP contribution >= 0.6 is 0 Å². The molecular weight excluding hydrogens is 300 g/mol. The third-order valence-electron chi connectivity index (χ3n) is 4.07. The van der Waals surface area contributed by atoms with E-state index in [-0.39, 0.29) is 11.9 Å². The Labute approximate surface area is 141 Å². The van der Waals surface area contributed by atoms with Crippen molar-refractivity contribution in [3.8, 4) is 0 Å². The second kappa shape index (κ2) is 7.08. The van der Waals surface area contributed by atoms with Crippen molar-refractivity contribution < 1.29 is 4.79 Å². The molecule has 1 unspecified atom stereocenters. The summed E-state index contributed by atoms with van der Waals surface area (Å²) in [5.41, 5.74) is 2.37. The van der Waals surface area contributed by atoms with Gasteiger partial charge in [0.1, 0.15) is 5.82 Å². The summed E-state index contributed by atoms with van der Waals surface area (Å²) in [6, 6.07) is 13.4. The SMILES string of the molecule is Cc1ncccc1C(=O)NC(Cc1nccn1C)c1ccccc1. The van der Waals surface area contributed by atoms with E-state index in [2.05, 4.69) is 15.3 Å². The van der Waals surface area contributed by atoms with Crippen LogP contribution in [0.3, 0.4) is 0 Å². The van der Waals surface area contributed by atoms with Gasteiger partial charge in [0, 0.05) is 37.8 Å². The van der Waals surface area contributed by atoms with Crippen molar-refractivity contribution in [2.75, 3.05) is 0 Å². The Morgan fingerprint density at radius 1 is 1.12 bits per heavy atom. The Bertz CT molecular complexity index is 826. The molecule has 3 rings (SSSR count). The average molecular weight is 320 g/mol. The topological polar surface area (TPSA) is 59.8 Å². The zero-order valence-electron chi connectivity index (χ0n) is 13.8. The third kappa shape index (κ3) is 3.51. The highest BCUT2D eigenvalue weighted by molar-refractivity contribution is 5.95. The average Bonchev–Trinajstić information content (AvgIpc) is 3.00. The predicted molar refractivity (Wildman–Crippen MR) is 92.5 cm³/mol. The summed E-state index contributed by atoms with van der Waals surface area (Å²) in [4.78, 5) is 21.3. The minimum atomic E-state index is -0.153. The lowest BCUT2D eigenvalue weighted by Gasteiger charge is -2.19. The molecule has 5 heteroatoms. The molecule has 1 amide bonds. The number of imidazole rings is 1. The standard InChI is InChI=1S/C19H20N4O/c1-14-16(9-6-10-20-14)19(24)22-17(15-7-4-3-5-8-15)13-18-21-11-12-23(18)2/h3-12,17H,13H2,1-2H3,(H,22,24). The first-order chi connectivity index (χ1) is 11.6. The number of pyridine rings is 1. The van der Waals surface area contributed by atoms with Crippen molar-refractivity contribution in [3.63, 3.8) is 0 Å². The molecule has 2 heterocycles. The molecule has 0 bridgehead atoms. The second-order valence-corrected chi connectivity index (χ2v) is 5.73. The lowest BCUT2D eigenvalue weighted by molar-refractivity contribution is 0.0935. The van der Waals surface area contributed by atoms with E-state index in [1.54, 1.807) is 24.5 Å². The van der Waals surface area contributed by atoms with Gasteiger partial charge in [0.15, 0.2) is 0 Å². The first-order valence-corrected chi connectivity index (χ1v) is 7.89. The Balaban J connectivity index is 1.86.